The highest BCUT2D eigenvalue weighted by atomic mass is 17.2. The van der Waals surface area contributed by atoms with E-state index in [0.29, 0.717) is 19.3 Å². The lowest BCUT2D eigenvalue weighted by molar-refractivity contribution is -0.409. The summed E-state index contributed by atoms with van der Waals surface area (Å²) in [7, 11) is 0. The summed E-state index contributed by atoms with van der Waals surface area (Å²) in [5, 5.41) is 20.0. The Morgan fingerprint density at radius 3 is 2.59 bits per heavy atom. The van der Waals surface area contributed by atoms with Crippen LogP contribution in [0, 0.1) is 11.3 Å². The summed E-state index contributed by atoms with van der Waals surface area (Å²) in [4.78, 5) is 22.0. The molecule has 0 bridgehead atoms. The van der Waals surface area contributed by atoms with Crippen molar-refractivity contribution in [1.29, 1.82) is 0 Å². The molecule has 5 heteroatoms. The van der Waals surface area contributed by atoms with Crippen LogP contribution in [0.3, 0.4) is 0 Å². The standard InChI is InChI=1S/C24H40O5/c1-17-9-7-12-22(3,4)19(17)10-15-23(5,27)13-8-14-24(6)16-11-20(28-29-24)18(2)21(25)26/h8,13,18,20,27H,7,9-12,14-16H2,1-6H3,(H,25,26)/b13-8+/t18-,20+,23-,24-/m1/s1. The Labute approximate surface area is 176 Å². The average Bonchev–Trinajstić information content (AvgIpc) is 2.60. The summed E-state index contributed by atoms with van der Waals surface area (Å²) in [6.07, 6.45) is 10.7. The van der Waals surface area contributed by atoms with E-state index in [1.165, 1.54) is 30.4 Å². The van der Waals surface area contributed by atoms with Gasteiger partial charge in [0.05, 0.1) is 11.5 Å². The van der Waals surface area contributed by atoms with Crippen LogP contribution < -0.4 is 0 Å². The molecule has 29 heavy (non-hydrogen) atoms. The van der Waals surface area contributed by atoms with Gasteiger partial charge in [0, 0.05) is 0 Å². The maximum absolute atomic E-state index is 11.1. The maximum atomic E-state index is 11.1. The molecule has 1 aliphatic carbocycles. The molecule has 166 valence electrons. The third-order valence-corrected chi connectivity index (χ3v) is 6.87. The zero-order valence-corrected chi connectivity index (χ0v) is 19.1. The minimum absolute atomic E-state index is 0.229. The van der Waals surface area contributed by atoms with Crippen LogP contribution in [0.25, 0.3) is 0 Å². The van der Waals surface area contributed by atoms with Crippen molar-refractivity contribution in [3.63, 3.8) is 0 Å². The molecule has 2 N–H and O–H groups in total. The zero-order chi connectivity index (χ0) is 21.9. The highest BCUT2D eigenvalue weighted by molar-refractivity contribution is 5.70. The number of hydrogen-bond acceptors (Lipinski definition) is 4. The number of carboxylic acid groups (broad SMARTS) is 1. The van der Waals surface area contributed by atoms with Crippen LogP contribution in [0.1, 0.15) is 92.9 Å². The van der Waals surface area contributed by atoms with Gasteiger partial charge in [-0.2, -0.15) is 0 Å². The van der Waals surface area contributed by atoms with E-state index in [2.05, 4.69) is 20.8 Å². The fourth-order valence-electron chi connectivity index (χ4n) is 4.59. The number of rotatable bonds is 8. The molecule has 1 saturated heterocycles. The van der Waals surface area contributed by atoms with Crippen molar-refractivity contribution in [3.05, 3.63) is 23.3 Å². The van der Waals surface area contributed by atoms with Crippen LogP contribution in [0.4, 0.5) is 0 Å². The summed E-state index contributed by atoms with van der Waals surface area (Å²) < 4.78 is 0. The molecule has 0 spiro atoms. The first-order chi connectivity index (χ1) is 13.4. The number of aliphatic hydroxyl groups is 1. The van der Waals surface area contributed by atoms with Crippen molar-refractivity contribution in [2.24, 2.45) is 11.3 Å². The van der Waals surface area contributed by atoms with Gasteiger partial charge < -0.3 is 10.2 Å². The first-order valence-corrected chi connectivity index (χ1v) is 11.0. The molecule has 4 atom stereocenters. The second-order valence-corrected chi connectivity index (χ2v) is 10.3. The maximum Gasteiger partial charge on any atom is 0.308 e. The summed E-state index contributed by atoms with van der Waals surface area (Å²) in [6, 6.07) is 0. The highest BCUT2D eigenvalue weighted by Crippen LogP contribution is 2.43. The van der Waals surface area contributed by atoms with E-state index in [1.807, 2.05) is 26.0 Å². The lowest BCUT2D eigenvalue weighted by Gasteiger charge is -2.37. The molecule has 1 fully saturated rings. The van der Waals surface area contributed by atoms with Crippen molar-refractivity contribution in [2.45, 2.75) is 110 Å². The average molecular weight is 409 g/mol. The summed E-state index contributed by atoms with van der Waals surface area (Å²) >= 11 is 0. The molecule has 2 rings (SSSR count). The molecule has 1 aliphatic heterocycles. The lowest BCUT2D eigenvalue weighted by atomic mass is 9.70. The fourth-order valence-corrected chi connectivity index (χ4v) is 4.59. The van der Waals surface area contributed by atoms with Crippen molar-refractivity contribution in [2.75, 3.05) is 0 Å². The topological polar surface area (TPSA) is 76.0 Å². The molecule has 0 aromatic heterocycles. The van der Waals surface area contributed by atoms with Crippen molar-refractivity contribution in [1.82, 2.24) is 0 Å². The van der Waals surface area contributed by atoms with Gasteiger partial charge in [-0.15, -0.1) is 0 Å². The summed E-state index contributed by atoms with van der Waals surface area (Å²) in [5.74, 6) is -1.46. The van der Waals surface area contributed by atoms with Gasteiger partial charge in [-0.3, -0.25) is 4.79 Å². The fraction of sp³-hybridized carbons (Fsp3) is 0.792. The Bertz CT molecular complexity index is 636. The molecular weight excluding hydrogens is 368 g/mol. The number of hydrogen-bond donors (Lipinski definition) is 2. The minimum Gasteiger partial charge on any atom is -0.481 e. The second kappa shape index (κ2) is 9.32. The normalized spacial score (nSPS) is 30.9. The molecule has 0 radical (unpaired) electrons. The molecule has 1 heterocycles. The molecule has 0 aromatic rings. The van der Waals surface area contributed by atoms with E-state index in [4.69, 9.17) is 14.9 Å². The van der Waals surface area contributed by atoms with E-state index in [0.717, 1.165) is 12.8 Å². The Balaban J connectivity index is 1.86. The number of carbonyl (C=O) groups is 1. The van der Waals surface area contributed by atoms with Gasteiger partial charge in [-0.1, -0.05) is 37.1 Å². The largest absolute Gasteiger partial charge is 0.481 e. The van der Waals surface area contributed by atoms with Gasteiger partial charge in [-0.05, 0) is 84.5 Å². The Kier molecular flexibility index (Phi) is 7.74. The predicted molar refractivity (Wildman–Crippen MR) is 114 cm³/mol. The zero-order valence-electron chi connectivity index (χ0n) is 19.1. The number of carboxylic acids is 1. The summed E-state index contributed by atoms with van der Waals surface area (Å²) in [6.45, 7) is 12.3. The van der Waals surface area contributed by atoms with Crippen LogP contribution >= 0.6 is 0 Å². The van der Waals surface area contributed by atoms with Gasteiger partial charge >= 0.3 is 5.97 Å². The molecule has 5 nitrogen and oxygen atoms in total. The molecule has 0 amide bonds. The molecular formula is C24H40O5. The monoisotopic (exact) mass is 408 g/mol. The first-order valence-electron chi connectivity index (χ1n) is 11.0. The van der Waals surface area contributed by atoms with Crippen molar-refractivity contribution < 1.29 is 24.8 Å². The highest BCUT2D eigenvalue weighted by Gasteiger charge is 2.37. The Morgan fingerprint density at radius 1 is 1.34 bits per heavy atom. The van der Waals surface area contributed by atoms with Gasteiger partial charge in [0.15, 0.2) is 0 Å². The van der Waals surface area contributed by atoms with E-state index in [9.17, 15) is 9.90 Å². The SMILES string of the molecule is CC1=C(CC[C@](C)(O)/C=C/C[C@]2(C)CC[C@@H]([C@@H](C)C(=O)O)OO2)C(C)(C)CCC1. The third kappa shape index (κ3) is 6.66. The van der Waals surface area contributed by atoms with E-state index < -0.39 is 29.2 Å². The quantitative estimate of drug-likeness (QED) is 0.405. The van der Waals surface area contributed by atoms with Crippen LogP contribution in [0.2, 0.25) is 0 Å². The second-order valence-electron chi connectivity index (χ2n) is 10.3. The number of allylic oxidation sites excluding steroid dienone is 2. The van der Waals surface area contributed by atoms with Gasteiger partial charge in [0.25, 0.3) is 0 Å². The minimum atomic E-state index is -0.871. The van der Waals surface area contributed by atoms with Gasteiger partial charge in [-0.25, -0.2) is 9.78 Å². The van der Waals surface area contributed by atoms with Crippen LogP contribution in [-0.2, 0) is 14.6 Å². The van der Waals surface area contributed by atoms with E-state index >= 15 is 0 Å². The van der Waals surface area contributed by atoms with E-state index in [1.54, 1.807) is 6.92 Å². The first kappa shape index (κ1) is 24.1. The predicted octanol–water partition coefficient (Wildman–Crippen LogP) is 5.58. The van der Waals surface area contributed by atoms with Crippen LogP contribution in [0.15, 0.2) is 23.3 Å². The molecule has 0 unspecified atom stereocenters. The van der Waals surface area contributed by atoms with Gasteiger partial charge in [0.1, 0.15) is 11.7 Å². The third-order valence-electron chi connectivity index (χ3n) is 6.87. The van der Waals surface area contributed by atoms with Crippen molar-refractivity contribution in [3.8, 4) is 0 Å². The lowest BCUT2D eigenvalue weighted by Crippen LogP contribution is -2.41. The molecule has 0 saturated carbocycles. The van der Waals surface area contributed by atoms with Crippen LogP contribution in [-0.4, -0.2) is 33.5 Å². The number of aliphatic carboxylic acids is 1. The van der Waals surface area contributed by atoms with E-state index in [-0.39, 0.29) is 5.41 Å². The van der Waals surface area contributed by atoms with Crippen LogP contribution in [0.5, 0.6) is 0 Å². The summed E-state index contributed by atoms with van der Waals surface area (Å²) in [5.41, 5.74) is 1.86. The van der Waals surface area contributed by atoms with Gasteiger partial charge in [0.2, 0.25) is 0 Å². The smallest absolute Gasteiger partial charge is 0.308 e. The Hall–Kier alpha value is -1.17. The molecule has 0 aromatic carbocycles. The Morgan fingerprint density at radius 2 is 2.03 bits per heavy atom. The molecule has 2 aliphatic rings. The van der Waals surface area contributed by atoms with Crippen molar-refractivity contribution >= 4 is 5.97 Å².